The van der Waals surface area contributed by atoms with Crippen molar-refractivity contribution < 1.29 is 4.74 Å². The van der Waals surface area contributed by atoms with Crippen LogP contribution in [-0.4, -0.2) is 23.0 Å². The van der Waals surface area contributed by atoms with Crippen LogP contribution in [0.2, 0.25) is 0 Å². The molecular weight excluding hydrogens is 190 g/mol. The van der Waals surface area contributed by atoms with E-state index in [1.54, 1.807) is 0 Å². The molecule has 84 valence electrons. The molecule has 0 saturated carbocycles. The van der Waals surface area contributed by atoms with E-state index in [4.69, 9.17) is 10.5 Å². The van der Waals surface area contributed by atoms with E-state index >= 15 is 0 Å². The van der Waals surface area contributed by atoms with Crippen molar-refractivity contribution in [1.29, 1.82) is 0 Å². The molecule has 2 unspecified atom stereocenters. The summed E-state index contributed by atoms with van der Waals surface area (Å²) in [6.07, 6.45) is 6.12. The Labute approximate surface area is 90.4 Å². The molecule has 2 N–H and O–H groups in total. The van der Waals surface area contributed by atoms with Crippen molar-refractivity contribution in [2.45, 2.75) is 32.4 Å². The molecule has 1 aromatic heterocycles. The highest BCUT2D eigenvalue weighted by Gasteiger charge is 2.24. The fourth-order valence-corrected chi connectivity index (χ4v) is 2.01. The summed E-state index contributed by atoms with van der Waals surface area (Å²) in [6, 6.07) is 0.0816. The van der Waals surface area contributed by atoms with Crippen LogP contribution in [0, 0.1) is 5.92 Å². The quantitative estimate of drug-likeness (QED) is 0.814. The van der Waals surface area contributed by atoms with Crippen molar-refractivity contribution in [3.05, 3.63) is 18.0 Å². The molecule has 0 radical (unpaired) electrons. The minimum Gasteiger partial charge on any atom is -0.381 e. The van der Waals surface area contributed by atoms with Crippen molar-refractivity contribution >= 4 is 0 Å². The lowest BCUT2D eigenvalue weighted by Crippen LogP contribution is -2.21. The molecular formula is C11H19N3O. The van der Waals surface area contributed by atoms with Gasteiger partial charge in [0, 0.05) is 36.9 Å². The monoisotopic (exact) mass is 209 g/mol. The Hall–Kier alpha value is -0.870. The first-order valence-electron chi connectivity index (χ1n) is 5.67. The van der Waals surface area contributed by atoms with Gasteiger partial charge in [0.1, 0.15) is 0 Å². The number of aromatic nitrogens is 2. The molecule has 0 aliphatic carbocycles. The van der Waals surface area contributed by atoms with Crippen LogP contribution >= 0.6 is 0 Å². The minimum absolute atomic E-state index is 0.0816. The minimum atomic E-state index is 0.0816. The summed E-state index contributed by atoms with van der Waals surface area (Å²) in [7, 11) is 0. The molecule has 0 amide bonds. The number of hydrogen-bond acceptors (Lipinski definition) is 3. The highest BCUT2D eigenvalue weighted by molar-refractivity contribution is 5.11. The van der Waals surface area contributed by atoms with Crippen molar-refractivity contribution in [3.63, 3.8) is 0 Å². The molecule has 1 aliphatic heterocycles. The second-order valence-electron chi connectivity index (χ2n) is 4.19. The molecule has 2 atom stereocenters. The third kappa shape index (κ3) is 2.38. The summed E-state index contributed by atoms with van der Waals surface area (Å²) in [4.78, 5) is 0. The lowest BCUT2D eigenvalue weighted by atomic mass is 9.95. The Morgan fingerprint density at radius 2 is 2.60 bits per heavy atom. The first-order valence-corrected chi connectivity index (χ1v) is 5.67. The maximum absolute atomic E-state index is 6.18. The molecule has 1 aromatic rings. The molecule has 0 bridgehead atoms. The topological polar surface area (TPSA) is 53.1 Å². The third-order valence-electron chi connectivity index (χ3n) is 2.96. The van der Waals surface area contributed by atoms with Crippen molar-refractivity contribution in [3.8, 4) is 0 Å². The molecule has 0 spiro atoms. The average Bonchev–Trinajstić information content (AvgIpc) is 2.87. The number of rotatable bonds is 4. The second kappa shape index (κ2) is 4.77. The summed E-state index contributed by atoms with van der Waals surface area (Å²) in [5.74, 6) is 0.462. The Balaban J connectivity index is 2.00. The normalized spacial score (nSPS) is 23.2. The van der Waals surface area contributed by atoms with E-state index in [9.17, 15) is 0 Å². The van der Waals surface area contributed by atoms with E-state index in [0.717, 1.165) is 38.2 Å². The number of ether oxygens (including phenoxy) is 1. The van der Waals surface area contributed by atoms with Crippen LogP contribution in [0.5, 0.6) is 0 Å². The van der Waals surface area contributed by atoms with Crippen LogP contribution in [0.4, 0.5) is 0 Å². The molecule has 2 rings (SSSR count). The zero-order chi connectivity index (χ0) is 10.7. The second-order valence-corrected chi connectivity index (χ2v) is 4.19. The van der Waals surface area contributed by atoms with E-state index in [0.29, 0.717) is 5.92 Å². The van der Waals surface area contributed by atoms with E-state index in [-0.39, 0.29) is 6.04 Å². The van der Waals surface area contributed by atoms with Gasteiger partial charge in [-0.15, -0.1) is 0 Å². The van der Waals surface area contributed by atoms with Gasteiger partial charge >= 0.3 is 0 Å². The van der Waals surface area contributed by atoms with Crippen LogP contribution in [-0.2, 0) is 11.3 Å². The standard InChI is InChI=1S/C11H19N3O/c1-2-4-14-7-10(6-13-14)11(12)9-3-5-15-8-9/h6-7,9,11H,2-5,8,12H2,1H3. The summed E-state index contributed by atoms with van der Waals surface area (Å²) in [6.45, 7) is 4.75. The molecule has 2 heterocycles. The smallest absolute Gasteiger partial charge is 0.0537 e. The molecule has 4 heteroatoms. The van der Waals surface area contributed by atoms with Gasteiger partial charge < -0.3 is 10.5 Å². The number of hydrogen-bond donors (Lipinski definition) is 1. The molecule has 4 nitrogen and oxygen atoms in total. The van der Waals surface area contributed by atoms with Gasteiger partial charge in [0.15, 0.2) is 0 Å². The van der Waals surface area contributed by atoms with Crippen LogP contribution in [0.1, 0.15) is 31.4 Å². The molecule has 1 fully saturated rings. The molecule has 15 heavy (non-hydrogen) atoms. The fourth-order valence-electron chi connectivity index (χ4n) is 2.01. The zero-order valence-electron chi connectivity index (χ0n) is 9.22. The number of aryl methyl sites for hydroxylation is 1. The predicted molar refractivity (Wildman–Crippen MR) is 58.4 cm³/mol. The zero-order valence-corrected chi connectivity index (χ0v) is 9.22. The van der Waals surface area contributed by atoms with Gasteiger partial charge in [-0.2, -0.15) is 5.10 Å². The highest BCUT2D eigenvalue weighted by atomic mass is 16.5. The Morgan fingerprint density at radius 3 is 3.27 bits per heavy atom. The van der Waals surface area contributed by atoms with E-state index in [2.05, 4.69) is 18.2 Å². The van der Waals surface area contributed by atoms with Crippen LogP contribution in [0.25, 0.3) is 0 Å². The summed E-state index contributed by atoms with van der Waals surface area (Å²) in [5, 5.41) is 4.29. The summed E-state index contributed by atoms with van der Waals surface area (Å²) >= 11 is 0. The van der Waals surface area contributed by atoms with Crippen LogP contribution < -0.4 is 5.73 Å². The first kappa shape index (κ1) is 10.6. The van der Waals surface area contributed by atoms with Gasteiger partial charge in [-0.1, -0.05) is 6.92 Å². The first-order chi connectivity index (χ1) is 7.31. The lowest BCUT2D eigenvalue weighted by Gasteiger charge is -2.15. The van der Waals surface area contributed by atoms with Gasteiger partial charge in [0.2, 0.25) is 0 Å². The van der Waals surface area contributed by atoms with Crippen LogP contribution in [0.3, 0.4) is 0 Å². The fraction of sp³-hybridized carbons (Fsp3) is 0.727. The summed E-state index contributed by atoms with van der Waals surface area (Å²) < 4.78 is 7.31. The van der Waals surface area contributed by atoms with Gasteiger partial charge in [-0.3, -0.25) is 4.68 Å². The third-order valence-corrected chi connectivity index (χ3v) is 2.96. The van der Waals surface area contributed by atoms with Gasteiger partial charge in [0.25, 0.3) is 0 Å². The van der Waals surface area contributed by atoms with Crippen molar-refractivity contribution in [2.75, 3.05) is 13.2 Å². The Bertz CT molecular complexity index is 305. The largest absolute Gasteiger partial charge is 0.381 e. The molecule has 1 aliphatic rings. The number of nitrogens with zero attached hydrogens (tertiary/aromatic N) is 2. The maximum atomic E-state index is 6.18. The SMILES string of the molecule is CCCn1cc(C(N)C2CCOC2)cn1. The highest BCUT2D eigenvalue weighted by Crippen LogP contribution is 2.26. The number of nitrogens with two attached hydrogens (primary N) is 1. The maximum Gasteiger partial charge on any atom is 0.0537 e. The van der Waals surface area contributed by atoms with E-state index in [1.807, 2.05) is 10.9 Å². The Kier molecular flexibility index (Phi) is 3.38. The summed E-state index contributed by atoms with van der Waals surface area (Å²) in [5.41, 5.74) is 7.31. The van der Waals surface area contributed by atoms with E-state index < -0.39 is 0 Å². The van der Waals surface area contributed by atoms with Gasteiger partial charge in [-0.25, -0.2) is 0 Å². The molecule has 1 saturated heterocycles. The van der Waals surface area contributed by atoms with Gasteiger partial charge in [0.05, 0.1) is 12.8 Å². The van der Waals surface area contributed by atoms with Crippen LogP contribution in [0.15, 0.2) is 12.4 Å². The van der Waals surface area contributed by atoms with Crippen molar-refractivity contribution in [1.82, 2.24) is 9.78 Å². The molecule has 0 aromatic carbocycles. The van der Waals surface area contributed by atoms with Gasteiger partial charge in [-0.05, 0) is 12.8 Å². The van der Waals surface area contributed by atoms with Crippen molar-refractivity contribution in [2.24, 2.45) is 11.7 Å². The average molecular weight is 209 g/mol. The van der Waals surface area contributed by atoms with E-state index in [1.165, 1.54) is 0 Å². The Morgan fingerprint density at radius 1 is 1.73 bits per heavy atom. The predicted octanol–water partition coefficient (Wildman–Crippen LogP) is 1.33. The lowest BCUT2D eigenvalue weighted by molar-refractivity contribution is 0.181.